The summed E-state index contributed by atoms with van der Waals surface area (Å²) in [5, 5.41) is 89.1. The molecule has 0 heterocycles. The Balaban J connectivity index is -0.000000366. The standard InChI is InChI=1S/C16H16O2Si.C11H14O2Si.C9H18O4Si.C9H18O2Si.C8H12O6Si.C8H16O2Si.C7H14O2Si.C5H10O4Si/c1-2-19(13-16(17)18,14-9-5-3-6-10-14)15-11-7-4-8-12-15;1-3-14(2,9-11(12)13)10-7-5-4-6-8-10;1-4-12-14(6-3,13-5-2)8-7-9(10)11;1-4-12(2,3)8-6-5-7-9(10)11;1-2-15(3-6(9)10,4-7(11)12)5-8(13)14;1-4-11(2,3)7-5-6-8(9)10;1-4-10(2,3)6-5-7(8)9;1-2-10(8,9)4-3-5(6)7/h2-12H,1,13H2,(H,17,18);3-8H,1,9H2,2H3,(H,12,13);6H,3-5,7-8H2,1-2H3,(H,10,11);4H,1,5-8H2,2-3H3,(H,10,11);2H,1,3-5H2,(H,9,10)(H,11,12)(H,13,14);4H,1,5-7H2,2-3H3,(H,9,10);4H,1,5-6H2,2-3H3,(H,8,9);2,8-9H,1,3-4H2,(H,6,7). The van der Waals surface area contributed by atoms with Crippen molar-refractivity contribution in [2.75, 3.05) is 13.2 Å². The number of unbranched alkanes of at least 4 members (excludes halogenated alkanes) is 1. The van der Waals surface area contributed by atoms with Gasteiger partial charge in [-0.3, -0.25) is 47.9 Å². The SMILES string of the molecule is C=C[Si](C)(C)CCC(=O)O.C=C[Si](C)(C)CCCC(=O)O.C=C[Si](C)(C)CCCCC(=O)O.C=C[Si](C)(CC(=O)O)c1ccccc1.C=C[Si](CC(=O)O)(CC(=O)O)CC(=O)O.C=C[Si](CC(=O)O)(c1ccccc1)c1ccccc1.C=C[Si](CCC(=O)O)(OCC)OCC.C=C[Si](O)(O)CCC(=O)O. The Bertz CT molecular complexity index is 3080. The number of carboxylic acid groups (broad SMARTS) is 10. The molecule has 0 fully saturated rings. The average molecular weight is 1600 g/mol. The zero-order chi connectivity index (χ0) is 82.3. The third kappa shape index (κ3) is 55.0. The third-order valence-electron chi connectivity index (χ3n) is 15.8. The summed E-state index contributed by atoms with van der Waals surface area (Å²) in [7, 11) is -17.0. The molecule has 24 nitrogen and oxygen atoms in total. The number of hydrogen-bond acceptors (Lipinski definition) is 14. The Labute approximate surface area is 628 Å². The summed E-state index contributed by atoms with van der Waals surface area (Å²) in [6.45, 7) is 49.0. The minimum Gasteiger partial charge on any atom is -0.481 e. The molecule has 0 saturated heterocycles. The van der Waals surface area contributed by atoms with Gasteiger partial charge >= 0.3 is 76.8 Å². The van der Waals surface area contributed by atoms with Crippen LogP contribution in [0.1, 0.15) is 65.2 Å². The molecule has 0 saturated carbocycles. The van der Waals surface area contributed by atoms with Crippen molar-refractivity contribution >= 4 is 141 Å². The van der Waals surface area contributed by atoms with Crippen LogP contribution in [0.2, 0.25) is 106 Å². The summed E-state index contributed by atoms with van der Waals surface area (Å²) in [5.41, 5.74) is 13.6. The minimum atomic E-state index is -3.36. The smallest absolute Gasteiger partial charge is 0.365 e. The van der Waals surface area contributed by atoms with E-state index in [1.807, 2.05) is 134 Å². The second-order valence-electron chi connectivity index (χ2n) is 26.4. The van der Waals surface area contributed by atoms with Gasteiger partial charge in [-0.2, -0.15) is 0 Å². The van der Waals surface area contributed by atoms with Crippen LogP contribution in [0, 0.1) is 0 Å². The van der Waals surface area contributed by atoms with Gasteiger partial charge in [-0.1, -0.05) is 178 Å². The normalized spacial score (nSPS) is 11.5. The Morgan fingerprint density at radius 3 is 0.924 bits per heavy atom. The van der Waals surface area contributed by atoms with Crippen LogP contribution >= 0.6 is 0 Å². The van der Waals surface area contributed by atoms with E-state index in [4.69, 9.17) is 64.4 Å². The van der Waals surface area contributed by atoms with E-state index in [1.165, 1.54) is 5.70 Å². The van der Waals surface area contributed by atoms with Gasteiger partial charge in [0.1, 0.15) is 16.1 Å². The van der Waals surface area contributed by atoms with Crippen LogP contribution in [0.5, 0.6) is 0 Å². The highest BCUT2D eigenvalue weighted by Crippen LogP contribution is 2.24. The molecule has 586 valence electrons. The maximum atomic E-state index is 11.3. The summed E-state index contributed by atoms with van der Waals surface area (Å²) in [6, 6.07) is 31.9. The van der Waals surface area contributed by atoms with Crippen molar-refractivity contribution in [3.63, 3.8) is 0 Å². The number of hydrogen-bond donors (Lipinski definition) is 12. The van der Waals surface area contributed by atoms with E-state index in [0.29, 0.717) is 32.1 Å². The highest BCUT2D eigenvalue weighted by atomic mass is 28.4. The van der Waals surface area contributed by atoms with Crippen LogP contribution in [-0.2, 0) is 56.8 Å². The average Bonchev–Trinajstić information content (AvgIpc) is 0.785. The molecule has 12 N–H and O–H groups in total. The predicted octanol–water partition coefficient (Wildman–Crippen LogP) is 12.4. The Morgan fingerprint density at radius 1 is 0.324 bits per heavy atom. The first kappa shape index (κ1) is 105. The molecule has 105 heavy (non-hydrogen) atoms. The number of carboxylic acids is 10. The second-order valence-corrected chi connectivity index (χ2v) is 59.0. The van der Waals surface area contributed by atoms with E-state index < -0.39 is 143 Å². The molecule has 0 aliphatic heterocycles. The quantitative estimate of drug-likeness (QED) is 0.0185. The largest absolute Gasteiger partial charge is 0.481 e. The van der Waals surface area contributed by atoms with Gasteiger partial charge in [0.2, 0.25) is 0 Å². The number of carbonyl (C=O) groups is 10. The zero-order valence-electron chi connectivity index (χ0n) is 62.8. The Hall–Kier alpha value is -8.14. The fourth-order valence-corrected chi connectivity index (χ4v) is 24.0. The Morgan fingerprint density at radius 2 is 0.638 bits per heavy atom. The topological polar surface area (TPSA) is 432 Å². The molecular weight excluding hydrogens is 1490 g/mol. The van der Waals surface area contributed by atoms with Gasteiger partial charge in [0.25, 0.3) is 0 Å². The van der Waals surface area contributed by atoms with Crippen LogP contribution in [0.15, 0.2) is 189 Å². The predicted molar refractivity (Wildman–Crippen MR) is 436 cm³/mol. The fourth-order valence-electron chi connectivity index (χ4n) is 8.98. The van der Waals surface area contributed by atoms with Crippen molar-refractivity contribution in [1.82, 2.24) is 0 Å². The van der Waals surface area contributed by atoms with Crippen LogP contribution in [0.3, 0.4) is 0 Å². The number of benzene rings is 3. The number of rotatable bonds is 43. The minimum absolute atomic E-state index is 0.0677. The van der Waals surface area contributed by atoms with E-state index in [9.17, 15) is 53.1 Å². The summed E-state index contributed by atoms with van der Waals surface area (Å²) in [6.07, 6.45) is 3.36. The van der Waals surface area contributed by atoms with E-state index in [-0.39, 0.29) is 37.4 Å². The van der Waals surface area contributed by atoms with Gasteiger partial charge in [-0.05, 0) is 54.5 Å². The lowest BCUT2D eigenvalue weighted by molar-refractivity contribution is -0.138. The fraction of sp³-hybridized carbons (Fsp3) is 0.397. The highest BCUT2D eigenvalue weighted by Gasteiger charge is 2.39. The molecule has 0 amide bonds. The third-order valence-corrected chi connectivity index (χ3v) is 40.5. The summed E-state index contributed by atoms with van der Waals surface area (Å²) < 4.78 is 11.0. The van der Waals surface area contributed by atoms with Crippen LogP contribution in [-0.4, -0.2) is 199 Å². The summed E-state index contributed by atoms with van der Waals surface area (Å²) >= 11 is 0. The van der Waals surface area contributed by atoms with Gasteiger partial charge < -0.3 is 69.5 Å². The van der Waals surface area contributed by atoms with E-state index >= 15 is 0 Å². The van der Waals surface area contributed by atoms with Gasteiger partial charge in [0, 0.05) is 81.6 Å². The molecule has 0 aliphatic rings. The van der Waals surface area contributed by atoms with Gasteiger partial charge in [0.15, 0.2) is 8.07 Å². The van der Waals surface area contributed by atoms with Crippen molar-refractivity contribution < 1.29 is 117 Å². The molecular formula is C73H118O24Si8. The molecule has 3 aromatic carbocycles. The van der Waals surface area contributed by atoms with Crippen LogP contribution in [0.25, 0.3) is 0 Å². The highest BCUT2D eigenvalue weighted by molar-refractivity contribution is 7.07. The van der Waals surface area contributed by atoms with Crippen molar-refractivity contribution in [1.29, 1.82) is 0 Å². The van der Waals surface area contributed by atoms with Gasteiger partial charge in [0.05, 0.1) is 30.3 Å². The molecule has 0 aromatic heterocycles. The summed E-state index contributed by atoms with van der Waals surface area (Å²) in [5.74, 6) is -9.04. The van der Waals surface area contributed by atoms with Crippen LogP contribution in [0.4, 0.5) is 0 Å². The molecule has 32 heteroatoms. The maximum absolute atomic E-state index is 11.3. The molecule has 3 aromatic rings. The maximum Gasteiger partial charge on any atom is 0.365 e. The molecule has 0 radical (unpaired) electrons. The van der Waals surface area contributed by atoms with Crippen molar-refractivity contribution in [2.45, 2.75) is 171 Å². The first-order valence-corrected chi connectivity index (χ1v) is 55.7. The molecule has 0 spiro atoms. The monoisotopic (exact) mass is 1600 g/mol. The Kier molecular flexibility index (Phi) is 56.5. The first-order chi connectivity index (χ1) is 48.6. The summed E-state index contributed by atoms with van der Waals surface area (Å²) in [4.78, 5) is 122. The lowest BCUT2D eigenvalue weighted by Crippen LogP contribution is -2.58. The van der Waals surface area contributed by atoms with Crippen molar-refractivity contribution in [2.24, 2.45) is 0 Å². The van der Waals surface area contributed by atoms with Crippen LogP contribution < -0.4 is 15.6 Å². The lowest BCUT2D eigenvalue weighted by atomic mass is 10.2. The van der Waals surface area contributed by atoms with Crippen molar-refractivity contribution in [3.05, 3.63) is 189 Å². The molecule has 1 unspecified atom stereocenters. The first-order valence-electron chi connectivity index (χ1n) is 33.8. The van der Waals surface area contributed by atoms with Gasteiger partial charge in [-0.25, -0.2) is 0 Å². The molecule has 0 bridgehead atoms. The second kappa shape index (κ2) is 56.2. The molecule has 1 atom stereocenters. The van der Waals surface area contributed by atoms with E-state index in [1.54, 1.807) is 5.70 Å². The van der Waals surface area contributed by atoms with Gasteiger partial charge in [-0.15, -0.1) is 69.7 Å². The zero-order valence-corrected chi connectivity index (χ0v) is 70.8. The molecule has 3 rings (SSSR count). The molecule has 0 aliphatic carbocycles. The van der Waals surface area contributed by atoms with E-state index in [2.05, 4.69) is 97.6 Å². The van der Waals surface area contributed by atoms with E-state index in [0.717, 1.165) is 58.7 Å². The van der Waals surface area contributed by atoms with Crippen molar-refractivity contribution in [3.8, 4) is 0 Å². The number of aliphatic carboxylic acids is 10. The lowest BCUT2D eigenvalue weighted by Gasteiger charge is -2.27.